The Bertz CT molecular complexity index is 930. The molecule has 1 heterocycles. The molecule has 1 aliphatic heterocycles. The number of amides is 3. The minimum absolute atomic E-state index is 0.00768. The summed E-state index contributed by atoms with van der Waals surface area (Å²) in [6.07, 6.45) is 1.64. The number of halogens is 1. The van der Waals surface area contributed by atoms with Gasteiger partial charge in [0, 0.05) is 29.9 Å². The highest BCUT2D eigenvalue weighted by atomic mass is 19.1. The minimum Gasteiger partial charge on any atom is -0.366 e. The number of benzene rings is 2. The fraction of sp³-hybridized carbons (Fsp3) is 0.318. The van der Waals surface area contributed by atoms with Gasteiger partial charge >= 0.3 is 0 Å². The van der Waals surface area contributed by atoms with Crippen LogP contribution in [0.3, 0.4) is 0 Å². The fourth-order valence-electron chi connectivity index (χ4n) is 3.49. The summed E-state index contributed by atoms with van der Waals surface area (Å²) < 4.78 is 14.1. The molecule has 29 heavy (non-hydrogen) atoms. The van der Waals surface area contributed by atoms with Crippen LogP contribution in [0.5, 0.6) is 0 Å². The zero-order valence-corrected chi connectivity index (χ0v) is 16.3. The van der Waals surface area contributed by atoms with Gasteiger partial charge in [0.15, 0.2) is 0 Å². The highest BCUT2D eigenvalue weighted by Crippen LogP contribution is 2.24. The van der Waals surface area contributed by atoms with Crippen molar-refractivity contribution in [1.82, 2.24) is 4.90 Å². The maximum atomic E-state index is 14.1. The first kappa shape index (κ1) is 20.5. The number of nitrogens with zero attached hydrogens (tertiary/aromatic N) is 1. The molecular weight excluding hydrogens is 373 g/mol. The Morgan fingerprint density at radius 3 is 2.62 bits per heavy atom. The number of piperidine rings is 1. The zero-order chi connectivity index (χ0) is 21.0. The third-order valence-electron chi connectivity index (χ3n) is 5.23. The summed E-state index contributed by atoms with van der Waals surface area (Å²) >= 11 is 0. The summed E-state index contributed by atoms with van der Waals surface area (Å²) in [5.41, 5.74) is 6.60. The number of carbonyl (C=O) groups is 3. The van der Waals surface area contributed by atoms with Crippen molar-refractivity contribution in [2.75, 3.05) is 18.4 Å². The zero-order valence-electron chi connectivity index (χ0n) is 16.3. The Kier molecular flexibility index (Phi) is 6.26. The quantitative estimate of drug-likeness (QED) is 0.812. The Morgan fingerprint density at radius 2 is 1.93 bits per heavy atom. The van der Waals surface area contributed by atoms with E-state index in [0.29, 0.717) is 32.4 Å². The molecule has 6 nitrogen and oxygen atoms in total. The predicted molar refractivity (Wildman–Crippen MR) is 108 cm³/mol. The lowest BCUT2D eigenvalue weighted by molar-refractivity contribution is -0.133. The number of rotatable bonds is 5. The van der Waals surface area contributed by atoms with Crippen LogP contribution in [-0.4, -0.2) is 35.7 Å². The SMILES string of the molecule is Cc1c(F)cc(C(N)=O)cc1NC(=O)C1CCCN(C(=O)Cc2ccccc2)C1. The number of primary amides is 1. The minimum atomic E-state index is -0.769. The van der Waals surface area contributed by atoms with Crippen molar-refractivity contribution in [3.05, 3.63) is 65.0 Å². The van der Waals surface area contributed by atoms with Gasteiger partial charge in [-0.25, -0.2) is 4.39 Å². The third-order valence-corrected chi connectivity index (χ3v) is 5.23. The van der Waals surface area contributed by atoms with Gasteiger partial charge in [0.05, 0.1) is 12.3 Å². The fourth-order valence-corrected chi connectivity index (χ4v) is 3.49. The second-order valence-corrected chi connectivity index (χ2v) is 7.33. The van der Waals surface area contributed by atoms with Crippen LogP contribution in [0.2, 0.25) is 0 Å². The van der Waals surface area contributed by atoms with Gasteiger partial charge in [-0.1, -0.05) is 30.3 Å². The molecule has 0 bridgehead atoms. The third kappa shape index (κ3) is 4.99. The Labute approximate surface area is 168 Å². The molecule has 0 saturated carbocycles. The van der Waals surface area contributed by atoms with Gasteiger partial charge in [-0.05, 0) is 37.5 Å². The van der Waals surface area contributed by atoms with Crippen LogP contribution < -0.4 is 11.1 Å². The van der Waals surface area contributed by atoms with E-state index in [1.54, 1.807) is 4.90 Å². The molecule has 3 amide bonds. The van der Waals surface area contributed by atoms with Gasteiger partial charge in [0.2, 0.25) is 17.7 Å². The van der Waals surface area contributed by atoms with Crippen LogP contribution in [0.25, 0.3) is 0 Å². The lowest BCUT2D eigenvalue weighted by atomic mass is 9.96. The summed E-state index contributed by atoms with van der Waals surface area (Å²) in [6.45, 7) is 2.45. The van der Waals surface area contributed by atoms with Crippen LogP contribution in [0.4, 0.5) is 10.1 Å². The van der Waals surface area contributed by atoms with Gasteiger partial charge in [-0.15, -0.1) is 0 Å². The number of carbonyl (C=O) groups excluding carboxylic acids is 3. The van der Waals surface area contributed by atoms with Crippen molar-refractivity contribution < 1.29 is 18.8 Å². The smallest absolute Gasteiger partial charge is 0.248 e. The topological polar surface area (TPSA) is 92.5 Å². The molecule has 3 N–H and O–H groups in total. The molecule has 0 radical (unpaired) electrons. The van der Waals surface area contributed by atoms with E-state index < -0.39 is 17.6 Å². The van der Waals surface area contributed by atoms with Crippen molar-refractivity contribution in [1.29, 1.82) is 0 Å². The normalized spacial score (nSPS) is 16.3. The average molecular weight is 397 g/mol. The molecule has 1 atom stereocenters. The molecule has 1 saturated heterocycles. The van der Waals surface area contributed by atoms with E-state index in [-0.39, 0.29) is 28.6 Å². The molecule has 0 aromatic heterocycles. The van der Waals surface area contributed by atoms with Gasteiger partial charge in [0.1, 0.15) is 5.82 Å². The lowest BCUT2D eigenvalue weighted by Gasteiger charge is -2.32. The van der Waals surface area contributed by atoms with E-state index in [1.165, 1.54) is 13.0 Å². The summed E-state index contributed by atoms with van der Waals surface area (Å²) in [5.74, 6) is -2.10. The van der Waals surface area contributed by atoms with Crippen LogP contribution >= 0.6 is 0 Å². The van der Waals surface area contributed by atoms with Crippen molar-refractivity contribution in [3.63, 3.8) is 0 Å². The molecule has 0 spiro atoms. The maximum absolute atomic E-state index is 14.1. The number of likely N-dealkylation sites (tertiary alicyclic amines) is 1. The first-order valence-corrected chi connectivity index (χ1v) is 9.57. The molecular formula is C22H24FN3O3. The molecule has 2 aromatic rings. The number of nitrogens with one attached hydrogen (secondary N) is 1. The van der Waals surface area contributed by atoms with Gasteiger partial charge in [-0.2, -0.15) is 0 Å². The van der Waals surface area contributed by atoms with Gasteiger partial charge in [0.25, 0.3) is 0 Å². The van der Waals surface area contributed by atoms with Crippen molar-refractivity contribution >= 4 is 23.4 Å². The standard InChI is InChI=1S/C22H24FN3O3/c1-14-18(23)11-17(21(24)28)12-19(14)25-22(29)16-8-5-9-26(13-16)20(27)10-15-6-3-2-4-7-15/h2-4,6-7,11-12,16H,5,8-10,13H2,1H3,(H2,24,28)(H,25,29). The number of nitrogens with two attached hydrogens (primary N) is 1. The Hall–Kier alpha value is -3.22. The molecule has 152 valence electrons. The largest absolute Gasteiger partial charge is 0.366 e. The molecule has 1 unspecified atom stereocenters. The van der Waals surface area contributed by atoms with E-state index in [4.69, 9.17) is 5.73 Å². The highest BCUT2D eigenvalue weighted by molar-refractivity contribution is 5.98. The van der Waals surface area contributed by atoms with E-state index in [1.807, 2.05) is 30.3 Å². The highest BCUT2D eigenvalue weighted by Gasteiger charge is 2.29. The molecule has 7 heteroatoms. The Balaban J connectivity index is 1.67. The molecule has 2 aromatic carbocycles. The summed E-state index contributed by atoms with van der Waals surface area (Å²) in [5, 5.41) is 2.70. The summed E-state index contributed by atoms with van der Waals surface area (Å²) in [7, 11) is 0. The van der Waals surface area contributed by atoms with Gasteiger partial charge < -0.3 is 16.0 Å². The number of anilines is 1. The van der Waals surface area contributed by atoms with Crippen LogP contribution in [-0.2, 0) is 16.0 Å². The van der Waals surface area contributed by atoms with E-state index in [9.17, 15) is 18.8 Å². The van der Waals surface area contributed by atoms with Crippen molar-refractivity contribution in [2.24, 2.45) is 11.7 Å². The van der Waals surface area contributed by atoms with Crippen molar-refractivity contribution in [2.45, 2.75) is 26.2 Å². The molecule has 1 aliphatic rings. The second kappa shape index (κ2) is 8.86. The number of hydrogen-bond acceptors (Lipinski definition) is 3. The van der Waals surface area contributed by atoms with E-state index in [2.05, 4.69) is 5.32 Å². The number of hydrogen-bond donors (Lipinski definition) is 2. The molecule has 0 aliphatic carbocycles. The Morgan fingerprint density at radius 1 is 1.21 bits per heavy atom. The average Bonchev–Trinajstić information content (AvgIpc) is 2.71. The molecule has 1 fully saturated rings. The first-order chi connectivity index (χ1) is 13.8. The second-order valence-electron chi connectivity index (χ2n) is 7.33. The van der Waals surface area contributed by atoms with E-state index >= 15 is 0 Å². The van der Waals surface area contributed by atoms with Crippen molar-refractivity contribution in [3.8, 4) is 0 Å². The first-order valence-electron chi connectivity index (χ1n) is 9.57. The van der Waals surface area contributed by atoms with Gasteiger partial charge in [-0.3, -0.25) is 14.4 Å². The van der Waals surface area contributed by atoms with E-state index in [0.717, 1.165) is 11.6 Å². The van der Waals surface area contributed by atoms with Crippen LogP contribution in [0, 0.1) is 18.7 Å². The van der Waals surface area contributed by atoms with Crippen LogP contribution in [0.1, 0.15) is 34.3 Å². The monoisotopic (exact) mass is 397 g/mol. The maximum Gasteiger partial charge on any atom is 0.248 e. The predicted octanol–water partition coefficient (Wildman–Crippen LogP) is 2.65. The lowest BCUT2D eigenvalue weighted by Crippen LogP contribution is -2.44. The summed E-state index contributed by atoms with van der Waals surface area (Å²) in [6, 6.07) is 11.9. The summed E-state index contributed by atoms with van der Waals surface area (Å²) in [4.78, 5) is 38.4. The molecule has 3 rings (SSSR count). The van der Waals surface area contributed by atoms with Crippen LogP contribution in [0.15, 0.2) is 42.5 Å².